The highest BCUT2D eigenvalue weighted by Gasteiger charge is 2.42. The summed E-state index contributed by atoms with van der Waals surface area (Å²) >= 11 is 0. The largest absolute Gasteiger partial charge is 0.461 e. The summed E-state index contributed by atoms with van der Waals surface area (Å²) < 4.78 is 10.3. The maximum atomic E-state index is 11.7. The Labute approximate surface area is 130 Å². The fraction of sp³-hybridized carbons (Fsp3) is 0.529. The van der Waals surface area contributed by atoms with Crippen LogP contribution in [-0.4, -0.2) is 35.9 Å². The highest BCUT2D eigenvalue weighted by Crippen LogP contribution is 2.34. The molecule has 5 nitrogen and oxygen atoms in total. The molecule has 0 radical (unpaired) electrons. The molecule has 0 unspecified atom stereocenters. The van der Waals surface area contributed by atoms with Crippen molar-refractivity contribution in [1.82, 2.24) is 0 Å². The zero-order valence-electron chi connectivity index (χ0n) is 13.0. The van der Waals surface area contributed by atoms with Crippen LogP contribution in [0, 0.1) is 5.92 Å². The van der Waals surface area contributed by atoms with Gasteiger partial charge in [0, 0.05) is 12.5 Å². The van der Waals surface area contributed by atoms with Gasteiger partial charge < -0.3 is 14.6 Å². The highest BCUT2D eigenvalue weighted by atomic mass is 16.6. The maximum Gasteiger partial charge on any atom is 0.334 e. The molecule has 0 aromatic rings. The average Bonchev–Trinajstić information content (AvgIpc) is 2.70. The number of fused-ring (bicyclic) bond motifs is 1. The van der Waals surface area contributed by atoms with Crippen LogP contribution >= 0.6 is 0 Å². The molecule has 2 rings (SSSR count). The minimum absolute atomic E-state index is 0.161. The molecule has 1 aliphatic carbocycles. The van der Waals surface area contributed by atoms with Crippen molar-refractivity contribution < 1.29 is 24.2 Å². The lowest BCUT2D eigenvalue weighted by atomic mass is 9.85. The Morgan fingerprint density at radius 1 is 1.55 bits per heavy atom. The van der Waals surface area contributed by atoms with Crippen LogP contribution < -0.4 is 0 Å². The first-order valence-corrected chi connectivity index (χ1v) is 7.45. The van der Waals surface area contributed by atoms with Crippen molar-refractivity contribution in [2.75, 3.05) is 6.61 Å². The molecule has 1 fully saturated rings. The van der Waals surface area contributed by atoms with Gasteiger partial charge in [0.25, 0.3) is 0 Å². The summed E-state index contributed by atoms with van der Waals surface area (Å²) in [5.74, 6) is -1.27. The first kappa shape index (κ1) is 16.5. The SMILES string of the molecule is C=C1C(=O)O[C@@H]2/C=C(\C)CC/C=C(\COC(C)=O)C[C@@H](O)[C@@H]12. The van der Waals surface area contributed by atoms with Crippen LogP contribution in [-0.2, 0) is 19.1 Å². The summed E-state index contributed by atoms with van der Waals surface area (Å²) in [6.07, 6.45) is 4.57. The Balaban J connectivity index is 2.22. The Hall–Kier alpha value is -1.88. The van der Waals surface area contributed by atoms with Crippen molar-refractivity contribution in [2.24, 2.45) is 5.92 Å². The number of carbonyl (C=O) groups is 2. The molecule has 1 N–H and O–H groups in total. The molecule has 0 aromatic carbocycles. The highest BCUT2D eigenvalue weighted by molar-refractivity contribution is 5.91. The fourth-order valence-electron chi connectivity index (χ4n) is 2.85. The molecule has 0 spiro atoms. The molecule has 0 saturated carbocycles. The molecular formula is C17H22O5. The molecule has 5 heteroatoms. The van der Waals surface area contributed by atoms with Crippen LogP contribution in [0.3, 0.4) is 0 Å². The zero-order valence-corrected chi connectivity index (χ0v) is 13.0. The Morgan fingerprint density at radius 2 is 2.27 bits per heavy atom. The number of aliphatic hydroxyl groups excluding tert-OH is 1. The normalized spacial score (nSPS) is 33.9. The van der Waals surface area contributed by atoms with Crippen molar-refractivity contribution >= 4 is 11.9 Å². The van der Waals surface area contributed by atoms with Gasteiger partial charge in [-0.1, -0.05) is 18.2 Å². The van der Waals surface area contributed by atoms with Crippen molar-refractivity contribution in [1.29, 1.82) is 0 Å². The van der Waals surface area contributed by atoms with E-state index in [0.717, 1.165) is 24.0 Å². The van der Waals surface area contributed by atoms with E-state index in [0.29, 0.717) is 12.0 Å². The zero-order chi connectivity index (χ0) is 16.3. The predicted octanol–water partition coefficient (Wildman–Crippen LogP) is 2.06. The van der Waals surface area contributed by atoms with E-state index in [-0.39, 0.29) is 12.6 Å². The van der Waals surface area contributed by atoms with Gasteiger partial charge in [-0.15, -0.1) is 0 Å². The summed E-state index contributed by atoms with van der Waals surface area (Å²) in [4.78, 5) is 22.7. The van der Waals surface area contributed by atoms with Crippen LogP contribution in [0.2, 0.25) is 0 Å². The van der Waals surface area contributed by atoms with Crippen molar-refractivity contribution in [3.63, 3.8) is 0 Å². The van der Waals surface area contributed by atoms with E-state index in [2.05, 4.69) is 6.58 Å². The molecule has 0 amide bonds. The Bertz CT molecular complexity index is 543. The van der Waals surface area contributed by atoms with E-state index in [1.54, 1.807) is 0 Å². The molecule has 22 heavy (non-hydrogen) atoms. The van der Waals surface area contributed by atoms with Crippen LogP contribution in [0.4, 0.5) is 0 Å². The van der Waals surface area contributed by atoms with Crippen LogP contribution in [0.25, 0.3) is 0 Å². The van der Waals surface area contributed by atoms with E-state index in [1.807, 2.05) is 19.1 Å². The molecule has 3 atom stereocenters. The second-order valence-corrected chi connectivity index (χ2v) is 5.89. The smallest absolute Gasteiger partial charge is 0.334 e. The number of hydrogen-bond donors (Lipinski definition) is 1. The summed E-state index contributed by atoms with van der Waals surface area (Å²) in [5, 5.41) is 10.5. The standard InChI is InChI=1S/C17H22O5/c1-10-5-4-6-13(9-21-12(3)18)8-14(19)16-11(2)17(20)22-15(16)7-10/h6-7,14-16,19H,2,4-5,8-9H2,1,3H3/b10-7+,13-6-/t14-,15-,16-/m1/s1. The Kier molecular flexibility index (Phi) is 5.19. The van der Waals surface area contributed by atoms with E-state index in [4.69, 9.17) is 9.47 Å². The monoisotopic (exact) mass is 306 g/mol. The molecule has 1 saturated heterocycles. The van der Waals surface area contributed by atoms with Gasteiger partial charge >= 0.3 is 11.9 Å². The van der Waals surface area contributed by atoms with Crippen molar-refractivity contribution in [2.45, 2.75) is 45.3 Å². The van der Waals surface area contributed by atoms with E-state index in [1.165, 1.54) is 6.92 Å². The molecule has 0 bridgehead atoms. The quantitative estimate of drug-likeness (QED) is 0.480. The summed E-state index contributed by atoms with van der Waals surface area (Å²) in [6.45, 7) is 7.24. The summed E-state index contributed by atoms with van der Waals surface area (Å²) in [5.41, 5.74) is 2.24. The van der Waals surface area contributed by atoms with Crippen LogP contribution in [0.1, 0.15) is 33.1 Å². The number of ether oxygens (including phenoxy) is 2. The number of hydrogen-bond acceptors (Lipinski definition) is 5. The van der Waals surface area contributed by atoms with E-state index in [9.17, 15) is 14.7 Å². The lowest BCUT2D eigenvalue weighted by Gasteiger charge is -2.23. The second kappa shape index (κ2) is 6.92. The lowest BCUT2D eigenvalue weighted by Crippen LogP contribution is -2.29. The van der Waals surface area contributed by atoms with Crippen molar-refractivity contribution in [3.05, 3.63) is 35.5 Å². The van der Waals surface area contributed by atoms with Gasteiger partial charge in [-0.25, -0.2) is 4.79 Å². The third-order valence-electron chi connectivity index (χ3n) is 4.03. The molecular weight excluding hydrogens is 284 g/mol. The van der Waals surface area contributed by atoms with Gasteiger partial charge in [-0.05, 0) is 37.8 Å². The molecule has 2 aliphatic rings. The molecule has 120 valence electrons. The van der Waals surface area contributed by atoms with Gasteiger partial charge in [-0.3, -0.25) is 4.79 Å². The van der Waals surface area contributed by atoms with Gasteiger partial charge in [0.2, 0.25) is 0 Å². The lowest BCUT2D eigenvalue weighted by molar-refractivity contribution is -0.140. The summed E-state index contributed by atoms with van der Waals surface area (Å²) in [6, 6.07) is 0. The van der Waals surface area contributed by atoms with Gasteiger partial charge in [0.05, 0.1) is 12.0 Å². The first-order valence-electron chi connectivity index (χ1n) is 7.45. The molecule has 1 heterocycles. The third-order valence-corrected chi connectivity index (χ3v) is 4.03. The molecule has 1 aliphatic heterocycles. The number of rotatable bonds is 2. The second-order valence-electron chi connectivity index (χ2n) is 5.89. The number of aliphatic hydroxyl groups is 1. The number of esters is 2. The first-order chi connectivity index (χ1) is 10.4. The van der Waals surface area contributed by atoms with E-state index < -0.39 is 24.1 Å². The fourth-order valence-corrected chi connectivity index (χ4v) is 2.85. The maximum absolute atomic E-state index is 11.7. The number of carbonyl (C=O) groups excluding carboxylic acids is 2. The number of allylic oxidation sites excluding steroid dienone is 2. The van der Waals surface area contributed by atoms with Gasteiger partial charge in [0.1, 0.15) is 12.7 Å². The minimum atomic E-state index is -0.798. The predicted molar refractivity (Wildman–Crippen MR) is 80.8 cm³/mol. The van der Waals surface area contributed by atoms with E-state index >= 15 is 0 Å². The summed E-state index contributed by atoms with van der Waals surface area (Å²) in [7, 11) is 0. The van der Waals surface area contributed by atoms with Crippen molar-refractivity contribution in [3.8, 4) is 0 Å². The average molecular weight is 306 g/mol. The third kappa shape index (κ3) is 3.85. The molecule has 0 aromatic heterocycles. The van der Waals surface area contributed by atoms with Gasteiger partial charge in [0.15, 0.2) is 0 Å². The minimum Gasteiger partial charge on any atom is -0.461 e. The van der Waals surface area contributed by atoms with Crippen LogP contribution in [0.15, 0.2) is 35.5 Å². The van der Waals surface area contributed by atoms with Gasteiger partial charge in [-0.2, -0.15) is 0 Å². The topological polar surface area (TPSA) is 72.8 Å². The van der Waals surface area contributed by atoms with Crippen LogP contribution in [0.5, 0.6) is 0 Å². The Morgan fingerprint density at radius 3 is 2.95 bits per heavy atom.